The molecule has 0 aliphatic carbocycles. The zero-order valence-corrected chi connectivity index (χ0v) is 12.7. The Morgan fingerprint density at radius 3 is 2.84 bits per heavy atom. The van der Waals surface area contributed by atoms with Crippen LogP contribution in [0.1, 0.15) is 27.2 Å². The lowest BCUT2D eigenvalue weighted by Gasteiger charge is -2.32. The number of anilines is 1. The van der Waals surface area contributed by atoms with Crippen LogP contribution in [0.2, 0.25) is 0 Å². The molecule has 2 N–H and O–H groups in total. The second-order valence-corrected chi connectivity index (χ2v) is 6.52. The van der Waals surface area contributed by atoms with Gasteiger partial charge < -0.3 is 10.6 Å². The first-order chi connectivity index (χ1) is 9.07. The summed E-state index contributed by atoms with van der Waals surface area (Å²) in [5, 5.41) is 3.22. The van der Waals surface area contributed by atoms with Gasteiger partial charge in [0.15, 0.2) is 0 Å². The van der Waals surface area contributed by atoms with Crippen LogP contribution in [-0.4, -0.2) is 29.6 Å². The SMILES string of the molecule is CCCN(CC(C)(C)CN)c1ncnc2sccc12. The van der Waals surface area contributed by atoms with Crippen molar-refractivity contribution in [3.05, 3.63) is 17.8 Å². The van der Waals surface area contributed by atoms with E-state index in [0.717, 1.165) is 35.5 Å². The first-order valence-electron chi connectivity index (χ1n) is 6.70. The predicted octanol–water partition coefficient (Wildman–Crippen LogP) is 2.89. The number of rotatable bonds is 6. The van der Waals surface area contributed by atoms with Crippen molar-refractivity contribution in [2.24, 2.45) is 11.1 Å². The summed E-state index contributed by atoms with van der Waals surface area (Å²) in [4.78, 5) is 12.2. The van der Waals surface area contributed by atoms with E-state index in [4.69, 9.17) is 5.73 Å². The Kier molecular flexibility index (Phi) is 4.37. The first kappa shape index (κ1) is 14.2. The first-order valence-corrected chi connectivity index (χ1v) is 7.58. The molecule has 0 aromatic carbocycles. The van der Waals surface area contributed by atoms with Crippen LogP contribution in [0.3, 0.4) is 0 Å². The molecule has 0 aliphatic rings. The van der Waals surface area contributed by atoms with E-state index < -0.39 is 0 Å². The van der Waals surface area contributed by atoms with Gasteiger partial charge in [0.1, 0.15) is 17.0 Å². The maximum absolute atomic E-state index is 5.86. The van der Waals surface area contributed by atoms with Gasteiger partial charge in [0.25, 0.3) is 0 Å². The van der Waals surface area contributed by atoms with Gasteiger partial charge in [-0.1, -0.05) is 20.8 Å². The Hall–Kier alpha value is -1.20. The minimum atomic E-state index is 0.0858. The topological polar surface area (TPSA) is 55.0 Å². The number of aromatic nitrogens is 2. The minimum absolute atomic E-state index is 0.0858. The maximum atomic E-state index is 5.86. The van der Waals surface area contributed by atoms with Crippen LogP contribution < -0.4 is 10.6 Å². The third-order valence-electron chi connectivity index (χ3n) is 3.21. The molecule has 0 spiro atoms. The van der Waals surface area contributed by atoms with Gasteiger partial charge in [0.2, 0.25) is 0 Å². The quantitative estimate of drug-likeness (QED) is 0.882. The van der Waals surface area contributed by atoms with Gasteiger partial charge in [-0.2, -0.15) is 0 Å². The molecule has 0 fully saturated rings. The molecule has 2 heterocycles. The highest BCUT2D eigenvalue weighted by Crippen LogP contribution is 2.29. The smallest absolute Gasteiger partial charge is 0.140 e. The highest BCUT2D eigenvalue weighted by Gasteiger charge is 2.22. The van der Waals surface area contributed by atoms with Gasteiger partial charge >= 0.3 is 0 Å². The van der Waals surface area contributed by atoms with E-state index in [0.29, 0.717) is 6.54 Å². The van der Waals surface area contributed by atoms with E-state index in [2.05, 4.69) is 47.1 Å². The average Bonchev–Trinajstić information content (AvgIpc) is 2.86. The summed E-state index contributed by atoms with van der Waals surface area (Å²) >= 11 is 1.66. The van der Waals surface area contributed by atoms with Crippen LogP contribution in [0.4, 0.5) is 5.82 Å². The highest BCUT2D eigenvalue weighted by molar-refractivity contribution is 7.16. The highest BCUT2D eigenvalue weighted by atomic mass is 32.1. The van der Waals surface area contributed by atoms with Gasteiger partial charge in [-0.3, -0.25) is 0 Å². The van der Waals surface area contributed by atoms with Gasteiger partial charge in [0, 0.05) is 13.1 Å². The van der Waals surface area contributed by atoms with E-state index in [1.165, 1.54) is 0 Å². The lowest BCUT2D eigenvalue weighted by molar-refractivity contribution is 0.377. The molecule has 4 nitrogen and oxygen atoms in total. The molecule has 0 aliphatic heterocycles. The van der Waals surface area contributed by atoms with Crippen molar-refractivity contribution in [3.63, 3.8) is 0 Å². The molecule has 0 saturated heterocycles. The number of nitrogens with zero attached hydrogens (tertiary/aromatic N) is 3. The van der Waals surface area contributed by atoms with Crippen molar-refractivity contribution in [1.29, 1.82) is 0 Å². The second-order valence-electron chi connectivity index (χ2n) is 5.63. The molecule has 2 aromatic rings. The zero-order valence-electron chi connectivity index (χ0n) is 11.9. The third kappa shape index (κ3) is 3.22. The zero-order chi connectivity index (χ0) is 13.9. The normalized spacial score (nSPS) is 12.0. The number of fused-ring (bicyclic) bond motifs is 1. The standard InChI is InChI=1S/C14H22N4S/c1-4-6-18(9-14(2,3)8-15)12-11-5-7-19-13(11)17-10-16-12/h5,7,10H,4,6,8-9,15H2,1-3H3. The number of thiophene rings is 1. The number of hydrogen-bond donors (Lipinski definition) is 1. The van der Waals surface area contributed by atoms with E-state index >= 15 is 0 Å². The van der Waals surface area contributed by atoms with Crippen molar-refractivity contribution in [3.8, 4) is 0 Å². The van der Waals surface area contributed by atoms with Crippen molar-refractivity contribution >= 4 is 27.4 Å². The molecule has 2 rings (SSSR count). The number of nitrogens with two attached hydrogens (primary N) is 1. The molecular weight excluding hydrogens is 256 g/mol. The molecule has 0 saturated carbocycles. The van der Waals surface area contributed by atoms with Crippen LogP contribution in [0.15, 0.2) is 17.8 Å². The summed E-state index contributed by atoms with van der Waals surface area (Å²) in [7, 11) is 0. The summed E-state index contributed by atoms with van der Waals surface area (Å²) in [5.74, 6) is 1.04. The van der Waals surface area contributed by atoms with E-state index in [1.54, 1.807) is 17.7 Å². The monoisotopic (exact) mass is 278 g/mol. The Bertz CT molecular complexity index is 535. The molecule has 0 atom stereocenters. The van der Waals surface area contributed by atoms with Crippen LogP contribution in [0.25, 0.3) is 10.2 Å². The van der Waals surface area contributed by atoms with Crippen molar-refractivity contribution in [2.45, 2.75) is 27.2 Å². The second kappa shape index (κ2) is 5.84. The summed E-state index contributed by atoms with van der Waals surface area (Å²) in [6, 6.07) is 2.10. The summed E-state index contributed by atoms with van der Waals surface area (Å²) in [5.41, 5.74) is 5.95. The van der Waals surface area contributed by atoms with E-state index in [9.17, 15) is 0 Å². The molecule has 0 amide bonds. The fourth-order valence-corrected chi connectivity index (χ4v) is 2.87. The molecular formula is C14H22N4S. The minimum Gasteiger partial charge on any atom is -0.355 e. The molecule has 0 unspecified atom stereocenters. The molecule has 19 heavy (non-hydrogen) atoms. The Balaban J connectivity index is 2.35. The van der Waals surface area contributed by atoms with Crippen LogP contribution in [0.5, 0.6) is 0 Å². The van der Waals surface area contributed by atoms with E-state index in [-0.39, 0.29) is 5.41 Å². The van der Waals surface area contributed by atoms with Crippen LogP contribution in [-0.2, 0) is 0 Å². The average molecular weight is 278 g/mol. The van der Waals surface area contributed by atoms with Gasteiger partial charge in [-0.25, -0.2) is 9.97 Å². The predicted molar refractivity (Wildman–Crippen MR) is 82.8 cm³/mol. The summed E-state index contributed by atoms with van der Waals surface area (Å²) in [6.07, 6.45) is 2.75. The van der Waals surface area contributed by atoms with Gasteiger partial charge in [-0.15, -0.1) is 11.3 Å². The van der Waals surface area contributed by atoms with E-state index in [1.807, 2.05) is 0 Å². The number of hydrogen-bond acceptors (Lipinski definition) is 5. The van der Waals surface area contributed by atoms with Crippen molar-refractivity contribution in [2.75, 3.05) is 24.5 Å². The van der Waals surface area contributed by atoms with Gasteiger partial charge in [-0.05, 0) is 29.8 Å². The molecule has 2 aromatic heterocycles. The summed E-state index contributed by atoms with van der Waals surface area (Å²) in [6.45, 7) is 9.16. The molecule has 104 valence electrons. The lowest BCUT2D eigenvalue weighted by Crippen LogP contribution is -2.39. The lowest BCUT2D eigenvalue weighted by atomic mass is 9.93. The Morgan fingerprint density at radius 2 is 2.16 bits per heavy atom. The van der Waals surface area contributed by atoms with Crippen molar-refractivity contribution < 1.29 is 0 Å². The fraction of sp³-hybridized carbons (Fsp3) is 0.571. The van der Waals surface area contributed by atoms with Crippen LogP contribution in [0, 0.1) is 5.41 Å². The summed E-state index contributed by atoms with van der Waals surface area (Å²) < 4.78 is 0. The fourth-order valence-electron chi connectivity index (χ4n) is 2.14. The maximum Gasteiger partial charge on any atom is 0.140 e. The largest absolute Gasteiger partial charge is 0.355 e. The van der Waals surface area contributed by atoms with Gasteiger partial charge in [0.05, 0.1) is 5.39 Å². The Morgan fingerprint density at radius 1 is 1.37 bits per heavy atom. The molecule has 0 bridgehead atoms. The Labute approximate surface area is 118 Å². The molecule has 5 heteroatoms. The third-order valence-corrected chi connectivity index (χ3v) is 4.03. The molecule has 0 radical (unpaired) electrons. The van der Waals surface area contributed by atoms with Crippen LogP contribution >= 0.6 is 11.3 Å². The van der Waals surface area contributed by atoms with Crippen molar-refractivity contribution in [1.82, 2.24) is 9.97 Å².